The molecule has 5 rings (SSSR count). The standard InChI is InChI=1S/C33H37N5O2S/c34-19-10-17-29-33(40)38(22-28(24-11-4-1-5-12-24)25-13-6-2-7-14-25)20-18-27(36-29)21-35-31(39)30-23-41-32(37-30)26-15-8-3-9-16-26/h1-9,11-16,23,27-29,36H,10,17-22,34H2,(H,35,39)/t27-,29-/m0/s1. The maximum atomic E-state index is 13.8. The minimum Gasteiger partial charge on any atom is -0.349 e. The van der Waals surface area contributed by atoms with Crippen molar-refractivity contribution in [3.8, 4) is 10.6 Å². The van der Waals surface area contributed by atoms with Gasteiger partial charge in [-0.1, -0.05) is 91.0 Å². The normalized spacial score (nSPS) is 17.4. The molecule has 3 aromatic carbocycles. The highest BCUT2D eigenvalue weighted by Gasteiger charge is 2.32. The Morgan fingerprint density at radius 1 is 1.00 bits per heavy atom. The fourth-order valence-electron chi connectivity index (χ4n) is 5.34. The number of nitrogens with zero attached hydrogens (tertiary/aromatic N) is 2. The SMILES string of the molecule is NCCC[C@@H]1N[C@H](CNC(=O)c2csc(-c3ccccc3)n2)CCN(CC(c2ccccc2)c2ccccc2)C1=O. The summed E-state index contributed by atoms with van der Waals surface area (Å²) in [5.74, 6) is -0.0447. The third-order valence-electron chi connectivity index (χ3n) is 7.56. The minimum atomic E-state index is -0.348. The van der Waals surface area contributed by atoms with Gasteiger partial charge in [-0.2, -0.15) is 0 Å². The van der Waals surface area contributed by atoms with Gasteiger partial charge in [-0.05, 0) is 36.9 Å². The summed E-state index contributed by atoms with van der Waals surface area (Å²) in [6.45, 7) is 2.14. The zero-order chi connectivity index (χ0) is 28.4. The Bertz CT molecular complexity index is 1360. The lowest BCUT2D eigenvalue weighted by molar-refractivity contribution is -0.133. The van der Waals surface area contributed by atoms with Crippen LogP contribution in [0.2, 0.25) is 0 Å². The number of thiazole rings is 1. The van der Waals surface area contributed by atoms with Crippen LogP contribution in [0, 0.1) is 0 Å². The number of nitrogens with two attached hydrogens (primary N) is 1. The van der Waals surface area contributed by atoms with Crippen LogP contribution < -0.4 is 16.4 Å². The Balaban J connectivity index is 1.27. The topological polar surface area (TPSA) is 100 Å². The van der Waals surface area contributed by atoms with Gasteiger partial charge in [-0.3, -0.25) is 9.59 Å². The lowest BCUT2D eigenvalue weighted by atomic mass is 9.90. The Hall–Kier alpha value is -3.85. The van der Waals surface area contributed by atoms with Crippen LogP contribution in [0.5, 0.6) is 0 Å². The van der Waals surface area contributed by atoms with Gasteiger partial charge >= 0.3 is 0 Å². The summed E-state index contributed by atoms with van der Waals surface area (Å²) in [6, 6.07) is 30.2. The van der Waals surface area contributed by atoms with Crippen LogP contribution in [0.25, 0.3) is 10.6 Å². The van der Waals surface area contributed by atoms with Crippen LogP contribution in [0.1, 0.15) is 46.8 Å². The average Bonchev–Trinajstić information content (AvgIpc) is 3.47. The van der Waals surface area contributed by atoms with Gasteiger partial charge in [0.15, 0.2) is 0 Å². The highest BCUT2D eigenvalue weighted by molar-refractivity contribution is 7.13. The number of nitrogens with one attached hydrogen (secondary N) is 2. The highest BCUT2D eigenvalue weighted by Crippen LogP contribution is 2.27. The predicted octanol–water partition coefficient (Wildman–Crippen LogP) is 4.67. The van der Waals surface area contributed by atoms with Crippen LogP contribution in [0.3, 0.4) is 0 Å². The molecule has 0 spiro atoms. The summed E-state index contributed by atoms with van der Waals surface area (Å²) in [4.78, 5) is 33.3. The molecule has 7 nitrogen and oxygen atoms in total. The molecule has 0 radical (unpaired) electrons. The molecule has 1 aromatic heterocycles. The van der Waals surface area contributed by atoms with Gasteiger partial charge in [0, 0.05) is 42.5 Å². The van der Waals surface area contributed by atoms with Crippen molar-refractivity contribution < 1.29 is 9.59 Å². The van der Waals surface area contributed by atoms with Crippen molar-refractivity contribution >= 4 is 23.2 Å². The second-order valence-corrected chi connectivity index (χ2v) is 11.3. The molecule has 212 valence electrons. The van der Waals surface area contributed by atoms with Crippen molar-refractivity contribution in [3.05, 3.63) is 113 Å². The molecule has 1 saturated heterocycles. The molecule has 2 amide bonds. The van der Waals surface area contributed by atoms with E-state index in [0.29, 0.717) is 38.3 Å². The first-order chi connectivity index (χ1) is 20.1. The van der Waals surface area contributed by atoms with E-state index in [-0.39, 0.29) is 29.8 Å². The van der Waals surface area contributed by atoms with E-state index in [0.717, 1.165) is 23.4 Å². The number of amides is 2. The molecule has 0 unspecified atom stereocenters. The number of hydrogen-bond acceptors (Lipinski definition) is 6. The van der Waals surface area contributed by atoms with Crippen molar-refractivity contribution in [2.24, 2.45) is 5.73 Å². The Labute approximate surface area is 245 Å². The number of rotatable bonds is 11. The molecule has 0 bridgehead atoms. The summed E-state index contributed by atoms with van der Waals surface area (Å²) >= 11 is 1.46. The first-order valence-corrected chi connectivity index (χ1v) is 15.1. The maximum Gasteiger partial charge on any atom is 0.270 e. The molecule has 0 aliphatic carbocycles. The van der Waals surface area contributed by atoms with Gasteiger partial charge in [-0.15, -0.1) is 11.3 Å². The molecule has 2 atom stereocenters. The summed E-state index contributed by atoms with van der Waals surface area (Å²) in [5.41, 5.74) is 9.60. The molecule has 4 N–H and O–H groups in total. The zero-order valence-electron chi connectivity index (χ0n) is 23.1. The van der Waals surface area contributed by atoms with Gasteiger partial charge in [0.1, 0.15) is 10.7 Å². The van der Waals surface area contributed by atoms with Crippen LogP contribution in [-0.4, -0.2) is 60.0 Å². The number of aromatic nitrogens is 1. The van der Waals surface area contributed by atoms with Gasteiger partial charge < -0.3 is 21.3 Å². The Morgan fingerprint density at radius 3 is 2.27 bits per heavy atom. The number of carbonyl (C=O) groups excluding carboxylic acids is 2. The fourth-order valence-corrected chi connectivity index (χ4v) is 6.15. The van der Waals surface area contributed by atoms with Crippen molar-refractivity contribution in [1.29, 1.82) is 0 Å². The van der Waals surface area contributed by atoms with Crippen LogP contribution >= 0.6 is 11.3 Å². The lowest BCUT2D eigenvalue weighted by Gasteiger charge is -2.29. The maximum absolute atomic E-state index is 13.8. The quantitative estimate of drug-likeness (QED) is 0.245. The third kappa shape index (κ3) is 7.47. The van der Waals surface area contributed by atoms with Gasteiger partial charge in [0.05, 0.1) is 6.04 Å². The molecular formula is C33H37N5O2S. The molecule has 8 heteroatoms. The Morgan fingerprint density at radius 2 is 1.63 bits per heavy atom. The zero-order valence-corrected chi connectivity index (χ0v) is 23.9. The van der Waals surface area contributed by atoms with Crippen molar-refractivity contribution in [2.75, 3.05) is 26.2 Å². The van der Waals surface area contributed by atoms with Gasteiger partial charge in [-0.25, -0.2) is 4.98 Å². The van der Waals surface area contributed by atoms with E-state index in [9.17, 15) is 9.59 Å². The van der Waals surface area contributed by atoms with Crippen LogP contribution in [-0.2, 0) is 4.79 Å². The lowest BCUT2D eigenvalue weighted by Crippen LogP contribution is -2.49. The first-order valence-electron chi connectivity index (χ1n) is 14.3. The van der Waals surface area contributed by atoms with E-state index < -0.39 is 0 Å². The molecule has 1 aliphatic rings. The van der Waals surface area contributed by atoms with Crippen LogP contribution in [0.4, 0.5) is 0 Å². The number of carbonyl (C=O) groups is 2. The number of hydrogen-bond donors (Lipinski definition) is 3. The van der Waals surface area contributed by atoms with Crippen molar-refractivity contribution in [3.63, 3.8) is 0 Å². The Kier molecular flexibility index (Phi) is 9.91. The van der Waals surface area contributed by atoms with Crippen LogP contribution in [0.15, 0.2) is 96.4 Å². The second-order valence-electron chi connectivity index (χ2n) is 10.4. The van der Waals surface area contributed by atoms with E-state index in [4.69, 9.17) is 5.73 Å². The van der Waals surface area contributed by atoms with E-state index in [1.165, 1.54) is 22.5 Å². The first kappa shape index (κ1) is 28.7. The van der Waals surface area contributed by atoms with E-state index in [1.54, 1.807) is 5.38 Å². The third-order valence-corrected chi connectivity index (χ3v) is 8.46. The smallest absolute Gasteiger partial charge is 0.270 e. The van der Waals surface area contributed by atoms with E-state index in [1.807, 2.05) is 71.6 Å². The molecule has 0 saturated carbocycles. The largest absolute Gasteiger partial charge is 0.349 e. The number of benzene rings is 3. The predicted molar refractivity (Wildman–Crippen MR) is 165 cm³/mol. The molecule has 2 heterocycles. The van der Waals surface area contributed by atoms with E-state index >= 15 is 0 Å². The molecule has 1 aliphatic heterocycles. The summed E-state index contributed by atoms with van der Waals surface area (Å²) in [6.07, 6.45) is 2.14. The van der Waals surface area contributed by atoms with Gasteiger partial charge in [0.25, 0.3) is 5.91 Å². The molecule has 1 fully saturated rings. The molecule has 41 heavy (non-hydrogen) atoms. The summed E-state index contributed by atoms with van der Waals surface area (Å²) < 4.78 is 0. The molecule has 4 aromatic rings. The fraction of sp³-hybridized carbons (Fsp3) is 0.303. The molecular weight excluding hydrogens is 530 g/mol. The van der Waals surface area contributed by atoms with Crippen molar-refractivity contribution in [2.45, 2.75) is 37.3 Å². The minimum absolute atomic E-state index is 0.0465. The summed E-state index contributed by atoms with van der Waals surface area (Å²) in [7, 11) is 0. The average molecular weight is 568 g/mol. The van der Waals surface area contributed by atoms with Crippen molar-refractivity contribution in [1.82, 2.24) is 20.5 Å². The highest BCUT2D eigenvalue weighted by atomic mass is 32.1. The summed E-state index contributed by atoms with van der Waals surface area (Å²) in [5, 5.41) is 9.20. The van der Waals surface area contributed by atoms with Gasteiger partial charge in [0.2, 0.25) is 5.91 Å². The monoisotopic (exact) mass is 567 g/mol. The second kappa shape index (κ2) is 14.2. The van der Waals surface area contributed by atoms with E-state index in [2.05, 4.69) is 39.9 Å².